The Kier molecular flexibility index (Phi) is 4.63. The molecular formula is C14H19F3N2OS. The number of amides is 1. The number of nitrogens with zero attached hydrogens (tertiary/aromatic N) is 1. The maximum Gasteiger partial charge on any atom is 0.391 e. The van der Waals surface area contributed by atoms with Gasteiger partial charge in [0.2, 0.25) is 5.91 Å². The molecule has 3 atom stereocenters. The van der Waals surface area contributed by atoms with Gasteiger partial charge in [0.15, 0.2) is 0 Å². The molecule has 2 rings (SSSR count). The van der Waals surface area contributed by atoms with Crippen LogP contribution in [0.25, 0.3) is 0 Å². The molecule has 3 nitrogen and oxygen atoms in total. The number of hydrogen-bond donors (Lipinski definition) is 1. The van der Waals surface area contributed by atoms with Crippen LogP contribution in [0.1, 0.15) is 38.2 Å². The van der Waals surface area contributed by atoms with E-state index in [1.807, 2.05) is 31.4 Å². The minimum Gasteiger partial charge on any atom is -0.318 e. The third-order valence-electron chi connectivity index (χ3n) is 3.62. The summed E-state index contributed by atoms with van der Waals surface area (Å²) in [6.07, 6.45) is -5.75. The quantitative estimate of drug-likeness (QED) is 0.920. The fourth-order valence-corrected chi connectivity index (χ4v) is 3.44. The smallest absolute Gasteiger partial charge is 0.318 e. The van der Waals surface area contributed by atoms with Gasteiger partial charge in [0.25, 0.3) is 0 Å². The average Bonchev–Trinajstić information content (AvgIpc) is 2.92. The van der Waals surface area contributed by atoms with E-state index in [0.29, 0.717) is 0 Å². The zero-order valence-corrected chi connectivity index (χ0v) is 13.0. The van der Waals surface area contributed by atoms with Crippen molar-refractivity contribution in [3.05, 3.63) is 22.4 Å². The molecule has 118 valence electrons. The molecule has 1 saturated heterocycles. The monoisotopic (exact) mass is 320 g/mol. The van der Waals surface area contributed by atoms with Crippen LogP contribution in [0.3, 0.4) is 0 Å². The summed E-state index contributed by atoms with van der Waals surface area (Å²) in [6, 6.07) is 2.35. The van der Waals surface area contributed by atoms with E-state index in [4.69, 9.17) is 0 Å². The predicted octanol–water partition coefficient (Wildman–Crippen LogP) is 3.54. The van der Waals surface area contributed by atoms with Gasteiger partial charge in [0.05, 0.1) is 12.5 Å². The molecule has 3 unspecified atom stereocenters. The van der Waals surface area contributed by atoms with Crippen LogP contribution >= 0.6 is 11.3 Å². The first kappa shape index (κ1) is 16.3. The highest BCUT2D eigenvalue weighted by Gasteiger charge is 2.45. The molecule has 21 heavy (non-hydrogen) atoms. The van der Waals surface area contributed by atoms with Crippen LogP contribution in [0.4, 0.5) is 13.2 Å². The van der Waals surface area contributed by atoms with Crippen LogP contribution in [0, 0.1) is 5.92 Å². The lowest BCUT2D eigenvalue weighted by Gasteiger charge is -2.30. The third-order valence-corrected chi connectivity index (χ3v) is 4.54. The molecule has 0 aliphatic carbocycles. The normalized spacial score (nSPS) is 24.9. The molecule has 1 aliphatic rings. The average molecular weight is 320 g/mol. The molecule has 1 amide bonds. The van der Waals surface area contributed by atoms with E-state index in [1.54, 1.807) is 0 Å². The number of halogens is 3. The topological polar surface area (TPSA) is 32.3 Å². The highest BCUT2D eigenvalue weighted by molar-refractivity contribution is 7.10. The predicted molar refractivity (Wildman–Crippen MR) is 75.8 cm³/mol. The molecular weight excluding hydrogens is 301 g/mol. The van der Waals surface area contributed by atoms with Crippen molar-refractivity contribution in [2.45, 2.75) is 51.6 Å². The van der Waals surface area contributed by atoms with Crippen molar-refractivity contribution in [1.82, 2.24) is 10.2 Å². The maximum atomic E-state index is 12.7. The van der Waals surface area contributed by atoms with Crippen molar-refractivity contribution < 1.29 is 18.0 Å². The number of alkyl halides is 3. The number of nitrogens with one attached hydrogen (secondary N) is 1. The minimum absolute atomic E-state index is 0.0306. The zero-order valence-electron chi connectivity index (χ0n) is 12.1. The summed E-state index contributed by atoms with van der Waals surface area (Å²) in [4.78, 5) is 14.7. The van der Waals surface area contributed by atoms with Gasteiger partial charge in [-0.3, -0.25) is 10.1 Å². The fourth-order valence-electron chi connectivity index (χ4n) is 2.66. The van der Waals surface area contributed by atoms with Crippen LogP contribution in [0.5, 0.6) is 0 Å². The minimum atomic E-state index is -4.28. The van der Waals surface area contributed by atoms with Crippen molar-refractivity contribution in [3.8, 4) is 0 Å². The van der Waals surface area contributed by atoms with Crippen LogP contribution in [-0.2, 0) is 4.79 Å². The zero-order chi connectivity index (χ0) is 15.8. The van der Waals surface area contributed by atoms with Crippen molar-refractivity contribution >= 4 is 17.2 Å². The van der Waals surface area contributed by atoms with Crippen molar-refractivity contribution in [2.75, 3.05) is 0 Å². The fraction of sp³-hybridized carbons (Fsp3) is 0.643. The van der Waals surface area contributed by atoms with E-state index in [1.165, 1.54) is 23.2 Å². The first-order chi connectivity index (χ1) is 9.70. The largest absolute Gasteiger partial charge is 0.391 e. The SMILES string of the molecule is CC(C)C1NC(c2cccs2)N(C(C)CC(F)(F)F)C1=O. The van der Waals surface area contributed by atoms with Crippen LogP contribution < -0.4 is 5.32 Å². The van der Waals surface area contributed by atoms with Crippen LogP contribution in [0.15, 0.2) is 17.5 Å². The number of thiophene rings is 1. The van der Waals surface area contributed by atoms with Gasteiger partial charge >= 0.3 is 6.18 Å². The van der Waals surface area contributed by atoms with Gasteiger partial charge in [-0.25, -0.2) is 0 Å². The molecule has 0 saturated carbocycles. The summed E-state index contributed by atoms with van der Waals surface area (Å²) in [5.41, 5.74) is 0. The van der Waals surface area contributed by atoms with Crippen molar-refractivity contribution in [3.63, 3.8) is 0 Å². The van der Waals surface area contributed by atoms with Crippen molar-refractivity contribution in [1.29, 1.82) is 0 Å². The van der Waals surface area contributed by atoms with E-state index < -0.39 is 30.8 Å². The Morgan fingerprint density at radius 1 is 1.38 bits per heavy atom. The van der Waals surface area contributed by atoms with Gasteiger partial charge in [-0.1, -0.05) is 19.9 Å². The van der Waals surface area contributed by atoms with E-state index in [0.717, 1.165) is 4.88 Å². The van der Waals surface area contributed by atoms with Crippen LogP contribution in [-0.4, -0.2) is 29.1 Å². The third kappa shape index (κ3) is 3.58. The first-order valence-corrected chi connectivity index (χ1v) is 7.77. The molecule has 0 spiro atoms. The molecule has 0 radical (unpaired) electrons. The molecule has 1 aromatic heterocycles. The summed E-state index contributed by atoms with van der Waals surface area (Å²) in [6.45, 7) is 5.23. The lowest BCUT2D eigenvalue weighted by Crippen LogP contribution is -2.41. The van der Waals surface area contributed by atoms with E-state index >= 15 is 0 Å². The summed E-state index contributed by atoms with van der Waals surface area (Å²) >= 11 is 1.44. The summed E-state index contributed by atoms with van der Waals surface area (Å²) in [7, 11) is 0. The Morgan fingerprint density at radius 3 is 2.52 bits per heavy atom. The highest BCUT2D eigenvalue weighted by Crippen LogP contribution is 2.35. The second-order valence-corrected chi connectivity index (χ2v) is 6.70. The number of carbonyl (C=O) groups is 1. The second-order valence-electron chi connectivity index (χ2n) is 5.72. The number of hydrogen-bond acceptors (Lipinski definition) is 3. The van der Waals surface area contributed by atoms with Gasteiger partial charge < -0.3 is 4.90 Å². The molecule has 1 N–H and O–H groups in total. The Bertz CT molecular complexity index is 487. The van der Waals surface area contributed by atoms with Gasteiger partial charge in [0.1, 0.15) is 6.17 Å². The second kappa shape index (κ2) is 5.96. The molecule has 7 heteroatoms. The standard InChI is InChI=1S/C14H19F3N2OS/c1-8(2)11-13(20)19(9(3)7-14(15,16)17)12(18-11)10-5-4-6-21-10/h4-6,8-9,11-12,18H,7H2,1-3H3. The van der Waals surface area contributed by atoms with Crippen molar-refractivity contribution in [2.24, 2.45) is 5.92 Å². The molecule has 1 aromatic rings. The molecule has 1 aliphatic heterocycles. The first-order valence-electron chi connectivity index (χ1n) is 6.89. The van der Waals surface area contributed by atoms with Gasteiger partial charge in [-0.05, 0) is 24.3 Å². The Hall–Kier alpha value is -1.08. The highest BCUT2D eigenvalue weighted by atomic mass is 32.1. The Labute approximate surface area is 126 Å². The lowest BCUT2D eigenvalue weighted by atomic mass is 10.0. The summed E-state index contributed by atoms with van der Waals surface area (Å²) in [5, 5.41) is 5.04. The lowest BCUT2D eigenvalue weighted by molar-refractivity contribution is -0.153. The summed E-state index contributed by atoms with van der Waals surface area (Å²) < 4.78 is 38.0. The van der Waals surface area contributed by atoms with E-state index in [-0.39, 0.29) is 11.8 Å². The van der Waals surface area contributed by atoms with E-state index in [9.17, 15) is 18.0 Å². The Morgan fingerprint density at radius 2 is 2.05 bits per heavy atom. The number of rotatable bonds is 4. The van der Waals surface area contributed by atoms with E-state index in [2.05, 4.69) is 5.32 Å². The van der Waals surface area contributed by atoms with Gasteiger partial charge in [-0.15, -0.1) is 11.3 Å². The molecule has 0 aromatic carbocycles. The van der Waals surface area contributed by atoms with Crippen LogP contribution in [0.2, 0.25) is 0 Å². The molecule has 2 heterocycles. The van der Waals surface area contributed by atoms with Gasteiger partial charge in [0, 0.05) is 10.9 Å². The maximum absolute atomic E-state index is 12.7. The molecule has 0 bridgehead atoms. The Balaban J connectivity index is 2.27. The number of carbonyl (C=O) groups excluding carboxylic acids is 1. The molecule has 1 fully saturated rings. The summed E-state index contributed by atoms with van der Waals surface area (Å²) in [5.74, 6) is -0.219. The van der Waals surface area contributed by atoms with Gasteiger partial charge in [-0.2, -0.15) is 13.2 Å².